The van der Waals surface area contributed by atoms with Gasteiger partial charge in [0.15, 0.2) is 0 Å². The molecule has 1 aromatic carbocycles. The highest BCUT2D eigenvalue weighted by molar-refractivity contribution is 5.20. The fourth-order valence-electron chi connectivity index (χ4n) is 2.48. The van der Waals surface area contributed by atoms with Gasteiger partial charge in [0.05, 0.1) is 0 Å². The maximum absolute atomic E-state index is 12.8. The van der Waals surface area contributed by atoms with E-state index in [1.54, 1.807) is 12.1 Å². The summed E-state index contributed by atoms with van der Waals surface area (Å²) >= 11 is 0. The number of rotatable bonds is 3. The predicted molar refractivity (Wildman–Crippen MR) is 65.1 cm³/mol. The minimum atomic E-state index is -0.147. The Morgan fingerprint density at radius 2 is 2.06 bits per heavy atom. The summed E-state index contributed by atoms with van der Waals surface area (Å²) in [5.74, 6) is 0.364. The van der Waals surface area contributed by atoms with Gasteiger partial charge in [0.1, 0.15) is 5.82 Å². The van der Waals surface area contributed by atoms with Gasteiger partial charge in [-0.15, -0.1) is 0 Å². The van der Waals surface area contributed by atoms with E-state index in [-0.39, 0.29) is 5.82 Å². The van der Waals surface area contributed by atoms with Crippen LogP contribution in [0, 0.1) is 5.82 Å². The molecule has 1 fully saturated rings. The van der Waals surface area contributed by atoms with E-state index in [1.165, 1.54) is 24.8 Å². The molecule has 0 amide bonds. The first-order valence-electron chi connectivity index (χ1n) is 6.24. The molecule has 1 aliphatic rings. The van der Waals surface area contributed by atoms with Gasteiger partial charge in [0, 0.05) is 6.04 Å². The zero-order valence-electron chi connectivity index (χ0n) is 9.88. The minimum absolute atomic E-state index is 0.147. The highest BCUT2D eigenvalue weighted by atomic mass is 19.1. The summed E-state index contributed by atoms with van der Waals surface area (Å²) in [5, 5.41) is 3.56. The molecular formula is C14H20FN. The molecule has 88 valence electrons. The van der Waals surface area contributed by atoms with Gasteiger partial charge in [-0.2, -0.15) is 0 Å². The van der Waals surface area contributed by atoms with Crippen molar-refractivity contribution >= 4 is 0 Å². The second-order valence-corrected chi connectivity index (χ2v) is 4.84. The van der Waals surface area contributed by atoms with Crippen LogP contribution < -0.4 is 5.32 Å². The van der Waals surface area contributed by atoms with Gasteiger partial charge < -0.3 is 5.32 Å². The van der Waals surface area contributed by atoms with Crippen LogP contribution >= 0.6 is 0 Å². The number of halogens is 1. The van der Waals surface area contributed by atoms with Crippen molar-refractivity contribution in [2.75, 3.05) is 6.54 Å². The van der Waals surface area contributed by atoms with Crippen molar-refractivity contribution in [1.29, 1.82) is 0 Å². The van der Waals surface area contributed by atoms with Crippen LogP contribution in [-0.2, 0) is 0 Å². The third-order valence-corrected chi connectivity index (χ3v) is 3.49. The molecule has 0 saturated carbocycles. The Morgan fingerprint density at radius 3 is 2.69 bits per heavy atom. The smallest absolute Gasteiger partial charge is 0.123 e. The number of piperidine rings is 1. The van der Waals surface area contributed by atoms with Crippen LogP contribution in [0.3, 0.4) is 0 Å². The topological polar surface area (TPSA) is 12.0 Å². The minimum Gasteiger partial charge on any atom is -0.314 e. The van der Waals surface area contributed by atoms with Gasteiger partial charge in [-0.05, 0) is 49.4 Å². The highest BCUT2D eigenvalue weighted by Gasteiger charge is 2.16. The standard InChI is InChI=1S/C14H20FN/c1-11(10-14-4-2-3-9-16-14)12-5-7-13(15)8-6-12/h5-8,11,14,16H,2-4,9-10H2,1H3. The summed E-state index contributed by atoms with van der Waals surface area (Å²) in [6.07, 6.45) is 5.09. The van der Waals surface area contributed by atoms with Gasteiger partial charge in [-0.1, -0.05) is 25.5 Å². The first-order chi connectivity index (χ1) is 7.75. The summed E-state index contributed by atoms with van der Waals surface area (Å²) in [6.45, 7) is 3.38. The van der Waals surface area contributed by atoms with E-state index in [2.05, 4.69) is 12.2 Å². The van der Waals surface area contributed by atoms with Crippen LogP contribution in [0.25, 0.3) is 0 Å². The summed E-state index contributed by atoms with van der Waals surface area (Å²) < 4.78 is 12.8. The van der Waals surface area contributed by atoms with Gasteiger partial charge in [0.25, 0.3) is 0 Å². The van der Waals surface area contributed by atoms with Crippen molar-refractivity contribution in [1.82, 2.24) is 5.32 Å². The lowest BCUT2D eigenvalue weighted by molar-refractivity contribution is 0.366. The van der Waals surface area contributed by atoms with Crippen LogP contribution in [0.4, 0.5) is 4.39 Å². The zero-order valence-corrected chi connectivity index (χ0v) is 9.88. The molecule has 1 aliphatic heterocycles. The lowest BCUT2D eigenvalue weighted by Crippen LogP contribution is -2.34. The lowest BCUT2D eigenvalue weighted by atomic mass is 9.90. The van der Waals surface area contributed by atoms with E-state index in [1.807, 2.05) is 12.1 Å². The SMILES string of the molecule is CC(CC1CCCCN1)c1ccc(F)cc1. The Hall–Kier alpha value is -0.890. The molecule has 2 atom stereocenters. The van der Waals surface area contributed by atoms with Crippen LogP contribution in [0.15, 0.2) is 24.3 Å². The average molecular weight is 221 g/mol. The number of hydrogen-bond donors (Lipinski definition) is 1. The molecule has 1 aromatic rings. The Bertz CT molecular complexity index is 314. The zero-order chi connectivity index (χ0) is 11.4. The van der Waals surface area contributed by atoms with Crippen LogP contribution in [0.1, 0.15) is 44.1 Å². The Labute approximate surface area is 97.1 Å². The molecule has 0 radical (unpaired) electrons. The molecule has 1 heterocycles. The average Bonchev–Trinajstić information content (AvgIpc) is 2.31. The molecule has 1 nitrogen and oxygen atoms in total. The van der Waals surface area contributed by atoms with E-state index < -0.39 is 0 Å². The summed E-state index contributed by atoms with van der Waals surface area (Å²) in [7, 11) is 0. The van der Waals surface area contributed by atoms with Gasteiger partial charge in [0.2, 0.25) is 0 Å². The van der Waals surface area contributed by atoms with Crippen LogP contribution in [0.2, 0.25) is 0 Å². The quantitative estimate of drug-likeness (QED) is 0.824. The molecule has 0 aliphatic carbocycles. The lowest BCUT2D eigenvalue weighted by Gasteiger charge is -2.26. The fraction of sp³-hybridized carbons (Fsp3) is 0.571. The van der Waals surface area contributed by atoms with Crippen molar-refractivity contribution in [3.63, 3.8) is 0 Å². The molecule has 1 N–H and O–H groups in total. The first kappa shape index (κ1) is 11.6. The van der Waals surface area contributed by atoms with E-state index in [9.17, 15) is 4.39 Å². The molecule has 2 unspecified atom stereocenters. The molecule has 2 heteroatoms. The summed E-state index contributed by atoms with van der Waals surface area (Å²) in [6, 6.07) is 7.57. The third kappa shape index (κ3) is 3.05. The Morgan fingerprint density at radius 1 is 1.31 bits per heavy atom. The number of nitrogens with one attached hydrogen (secondary N) is 1. The van der Waals surface area contributed by atoms with E-state index >= 15 is 0 Å². The van der Waals surface area contributed by atoms with E-state index in [0.29, 0.717) is 12.0 Å². The second-order valence-electron chi connectivity index (χ2n) is 4.84. The van der Waals surface area contributed by atoms with Gasteiger partial charge in [-0.25, -0.2) is 4.39 Å². The van der Waals surface area contributed by atoms with E-state index in [0.717, 1.165) is 13.0 Å². The molecule has 0 bridgehead atoms. The Kier molecular flexibility index (Phi) is 3.94. The van der Waals surface area contributed by atoms with Crippen molar-refractivity contribution in [2.24, 2.45) is 0 Å². The molecular weight excluding hydrogens is 201 g/mol. The maximum Gasteiger partial charge on any atom is 0.123 e. The third-order valence-electron chi connectivity index (χ3n) is 3.49. The number of hydrogen-bond acceptors (Lipinski definition) is 1. The Balaban J connectivity index is 1.91. The van der Waals surface area contributed by atoms with Crippen LogP contribution in [0.5, 0.6) is 0 Å². The van der Waals surface area contributed by atoms with Gasteiger partial charge >= 0.3 is 0 Å². The number of benzene rings is 1. The molecule has 1 saturated heterocycles. The normalized spacial score (nSPS) is 23.0. The molecule has 0 spiro atoms. The van der Waals surface area contributed by atoms with Crippen molar-refractivity contribution in [2.45, 2.75) is 44.6 Å². The van der Waals surface area contributed by atoms with E-state index in [4.69, 9.17) is 0 Å². The summed E-state index contributed by atoms with van der Waals surface area (Å²) in [4.78, 5) is 0. The highest BCUT2D eigenvalue weighted by Crippen LogP contribution is 2.23. The molecule has 2 rings (SSSR count). The van der Waals surface area contributed by atoms with Crippen LogP contribution in [-0.4, -0.2) is 12.6 Å². The second kappa shape index (κ2) is 5.44. The van der Waals surface area contributed by atoms with Crippen molar-refractivity contribution < 1.29 is 4.39 Å². The van der Waals surface area contributed by atoms with Crippen molar-refractivity contribution in [3.8, 4) is 0 Å². The first-order valence-corrected chi connectivity index (χ1v) is 6.24. The predicted octanol–water partition coefficient (Wildman–Crippen LogP) is 3.46. The molecule has 0 aromatic heterocycles. The monoisotopic (exact) mass is 221 g/mol. The molecule has 16 heavy (non-hydrogen) atoms. The van der Waals surface area contributed by atoms with Crippen molar-refractivity contribution in [3.05, 3.63) is 35.6 Å². The maximum atomic E-state index is 12.8. The fourth-order valence-corrected chi connectivity index (χ4v) is 2.48. The largest absolute Gasteiger partial charge is 0.314 e. The van der Waals surface area contributed by atoms with Gasteiger partial charge in [-0.3, -0.25) is 0 Å². The summed E-state index contributed by atoms with van der Waals surface area (Å²) in [5.41, 5.74) is 1.24.